The molecular weight excluding hydrogens is 300 g/mol. The molecule has 1 N–H and O–H groups in total. The zero-order valence-electron chi connectivity index (χ0n) is 14.5. The van der Waals surface area contributed by atoms with Gasteiger partial charge in [0.2, 0.25) is 0 Å². The Labute approximate surface area is 143 Å². The van der Waals surface area contributed by atoms with Crippen molar-refractivity contribution in [2.75, 3.05) is 18.0 Å². The minimum atomic E-state index is -0.152. The fraction of sp³-hybridized carbons (Fsp3) is 0.300. The van der Waals surface area contributed by atoms with Crippen LogP contribution in [0.25, 0.3) is 0 Å². The number of hydrogen-bond acceptors (Lipinski definition) is 2. The molecule has 2 aromatic carbocycles. The molecule has 0 atom stereocenters. The van der Waals surface area contributed by atoms with E-state index >= 15 is 0 Å². The first-order valence-corrected chi connectivity index (χ1v) is 8.28. The minimum Gasteiger partial charge on any atom is -0.352 e. The van der Waals surface area contributed by atoms with Crippen molar-refractivity contribution in [3.8, 4) is 0 Å². The summed E-state index contributed by atoms with van der Waals surface area (Å²) < 4.78 is 0. The first-order chi connectivity index (χ1) is 11.5. The van der Waals surface area contributed by atoms with Gasteiger partial charge in [-0.15, -0.1) is 0 Å². The predicted octanol–water partition coefficient (Wildman–Crippen LogP) is 3.74. The number of anilines is 1. The average Bonchev–Trinajstić information content (AvgIpc) is 2.61. The fourth-order valence-corrected chi connectivity index (χ4v) is 2.40. The van der Waals surface area contributed by atoms with Gasteiger partial charge in [-0.3, -0.25) is 9.59 Å². The topological polar surface area (TPSA) is 49.4 Å². The van der Waals surface area contributed by atoms with Crippen LogP contribution in [-0.2, 0) is 0 Å². The largest absolute Gasteiger partial charge is 0.352 e. The monoisotopic (exact) mass is 324 g/mol. The molecule has 126 valence electrons. The molecule has 0 heterocycles. The maximum absolute atomic E-state index is 12.8. The van der Waals surface area contributed by atoms with Gasteiger partial charge in [-0.25, -0.2) is 0 Å². The summed E-state index contributed by atoms with van der Waals surface area (Å²) in [4.78, 5) is 26.7. The summed E-state index contributed by atoms with van der Waals surface area (Å²) in [6.07, 6.45) is 0. The second kappa shape index (κ2) is 8.29. The van der Waals surface area contributed by atoms with Crippen LogP contribution in [-0.4, -0.2) is 24.9 Å². The highest BCUT2D eigenvalue weighted by molar-refractivity contribution is 6.07. The van der Waals surface area contributed by atoms with Crippen LogP contribution < -0.4 is 10.2 Å². The van der Waals surface area contributed by atoms with E-state index in [1.54, 1.807) is 29.2 Å². The Balaban J connectivity index is 2.20. The summed E-state index contributed by atoms with van der Waals surface area (Å²) in [5.41, 5.74) is 1.86. The Morgan fingerprint density at radius 1 is 1.00 bits per heavy atom. The second-order valence-electron chi connectivity index (χ2n) is 6.07. The van der Waals surface area contributed by atoms with Crippen LogP contribution in [0.3, 0.4) is 0 Å². The zero-order valence-corrected chi connectivity index (χ0v) is 14.5. The lowest BCUT2D eigenvalue weighted by molar-refractivity contribution is 0.0949. The van der Waals surface area contributed by atoms with Crippen molar-refractivity contribution in [3.05, 3.63) is 65.7 Å². The first-order valence-electron chi connectivity index (χ1n) is 8.28. The highest BCUT2D eigenvalue weighted by Crippen LogP contribution is 2.17. The second-order valence-corrected chi connectivity index (χ2v) is 6.07. The van der Waals surface area contributed by atoms with Crippen LogP contribution in [0.2, 0.25) is 0 Å². The van der Waals surface area contributed by atoms with Gasteiger partial charge in [-0.2, -0.15) is 0 Å². The van der Waals surface area contributed by atoms with Gasteiger partial charge < -0.3 is 10.2 Å². The molecule has 0 unspecified atom stereocenters. The van der Waals surface area contributed by atoms with Gasteiger partial charge in [-0.1, -0.05) is 38.1 Å². The Kier molecular flexibility index (Phi) is 6.13. The predicted molar refractivity (Wildman–Crippen MR) is 97.4 cm³/mol. The number of carbonyl (C=O) groups is 2. The van der Waals surface area contributed by atoms with Crippen molar-refractivity contribution in [3.63, 3.8) is 0 Å². The molecule has 4 heteroatoms. The molecular formula is C20H24N2O2. The maximum Gasteiger partial charge on any atom is 0.258 e. The molecule has 0 aliphatic rings. The van der Waals surface area contributed by atoms with E-state index < -0.39 is 0 Å². The molecule has 24 heavy (non-hydrogen) atoms. The molecule has 2 amide bonds. The molecule has 0 bridgehead atoms. The number of rotatable bonds is 6. The maximum atomic E-state index is 12.8. The zero-order chi connectivity index (χ0) is 17.5. The highest BCUT2D eigenvalue weighted by Gasteiger charge is 2.17. The van der Waals surface area contributed by atoms with Crippen LogP contribution in [0, 0.1) is 5.92 Å². The molecule has 0 fully saturated rings. The Bertz CT molecular complexity index is 696. The molecule has 0 aromatic heterocycles. The third-order valence-corrected chi connectivity index (χ3v) is 3.67. The van der Waals surface area contributed by atoms with E-state index in [0.29, 0.717) is 30.1 Å². The summed E-state index contributed by atoms with van der Waals surface area (Å²) in [6, 6.07) is 16.4. The molecule has 0 radical (unpaired) electrons. The minimum absolute atomic E-state index is 0.109. The molecule has 2 rings (SSSR count). The number of benzene rings is 2. The van der Waals surface area contributed by atoms with Gasteiger partial charge in [0.05, 0.1) is 0 Å². The quantitative estimate of drug-likeness (QED) is 0.880. The van der Waals surface area contributed by atoms with E-state index in [-0.39, 0.29) is 11.8 Å². The van der Waals surface area contributed by atoms with E-state index in [4.69, 9.17) is 0 Å². The Morgan fingerprint density at radius 3 is 2.29 bits per heavy atom. The van der Waals surface area contributed by atoms with Crippen LogP contribution in [0.5, 0.6) is 0 Å². The van der Waals surface area contributed by atoms with Gasteiger partial charge in [0.25, 0.3) is 11.8 Å². The molecule has 0 aliphatic heterocycles. The molecule has 0 saturated carbocycles. The Morgan fingerprint density at radius 2 is 1.67 bits per heavy atom. The van der Waals surface area contributed by atoms with Crippen molar-refractivity contribution in [1.82, 2.24) is 5.32 Å². The lowest BCUT2D eigenvalue weighted by atomic mass is 10.1. The van der Waals surface area contributed by atoms with Crippen LogP contribution >= 0.6 is 0 Å². The van der Waals surface area contributed by atoms with E-state index in [0.717, 1.165) is 5.69 Å². The number of nitrogens with one attached hydrogen (secondary N) is 1. The fourth-order valence-electron chi connectivity index (χ4n) is 2.40. The number of hydrogen-bond donors (Lipinski definition) is 1. The van der Waals surface area contributed by atoms with E-state index in [9.17, 15) is 9.59 Å². The summed E-state index contributed by atoms with van der Waals surface area (Å²) in [7, 11) is 0. The van der Waals surface area contributed by atoms with Crippen molar-refractivity contribution in [2.24, 2.45) is 5.92 Å². The van der Waals surface area contributed by atoms with E-state index in [2.05, 4.69) is 5.32 Å². The first kappa shape index (κ1) is 17.7. The van der Waals surface area contributed by atoms with Crippen LogP contribution in [0.15, 0.2) is 54.6 Å². The summed E-state index contributed by atoms with van der Waals surface area (Å²) in [5.74, 6) is 0.121. The van der Waals surface area contributed by atoms with Crippen LogP contribution in [0.1, 0.15) is 41.5 Å². The standard InChI is InChI=1S/C20H24N2O2/c1-4-22(18-11-6-5-7-12-18)20(24)17-10-8-9-16(13-17)19(23)21-14-15(2)3/h5-13,15H,4,14H2,1-3H3,(H,21,23). The summed E-state index contributed by atoms with van der Waals surface area (Å²) >= 11 is 0. The third-order valence-electron chi connectivity index (χ3n) is 3.67. The Hall–Kier alpha value is -2.62. The normalized spacial score (nSPS) is 10.5. The van der Waals surface area contributed by atoms with Crippen molar-refractivity contribution in [1.29, 1.82) is 0 Å². The van der Waals surface area contributed by atoms with Gasteiger partial charge in [0.1, 0.15) is 0 Å². The number of amides is 2. The van der Waals surface area contributed by atoms with Crippen molar-refractivity contribution in [2.45, 2.75) is 20.8 Å². The smallest absolute Gasteiger partial charge is 0.258 e. The number of carbonyl (C=O) groups excluding carboxylic acids is 2. The average molecular weight is 324 g/mol. The van der Waals surface area contributed by atoms with Gasteiger partial charge in [0, 0.05) is 29.9 Å². The number of nitrogens with zero attached hydrogens (tertiary/aromatic N) is 1. The summed E-state index contributed by atoms with van der Waals surface area (Å²) in [5, 5.41) is 2.88. The van der Waals surface area contributed by atoms with Crippen LogP contribution in [0.4, 0.5) is 5.69 Å². The highest BCUT2D eigenvalue weighted by atomic mass is 16.2. The molecule has 4 nitrogen and oxygen atoms in total. The molecule has 0 spiro atoms. The van der Waals surface area contributed by atoms with Gasteiger partial charge in [0.15, 0.2) is 0 Å². The lowest BCUT2D eigenvalue weighted by Crippen LogP contribution is -2.31. The molecule has 2 aromatic rings. The number of para-hydroxylation sites is 1. The van der Waals surface area contributed by atoms with E-state index in [1.807, 2.05) is 51.1 Å². The molecule has 0 saturated heterocycles. The SMILES string of the molecule is CCN(C(=O)c1cccc(C(=O)NCC(C)C)c1)c1ccccc1. The van der Waals surface area contributed by atoms with Crippen molar-refractivity contribution < 1.29 is 9.59 Å². The third kappa shape index (κ3) is 4.44. The van der Waals surface area contributed by atoms with Gasteiger partial charge in [-0.05, 0) is 43.2 Å². The van der Waals surface area contributed by atoms with Gasteiger partial charge >= 0.3 is 0 Å². The summed E-state index contributed by atoms with van der Waals surface area (Å²) in [6.45, 7) is 7.19. The molecule has 0 aliphatic carbocycles. The lowest BCUT2D eigenvalue weighted by Gasteiger charge is -2.21. The van der Waals surface area contributed by atoms with Crippen molar-refractivity contribution >= 4 is 17.5 Å². The van der Waals surface area contributed by atoms with E-state index in [1.165, 1.54) is 0 Å².